The number of hydrogen-bond donors (Lipinski definition) is 1. The molecular weight excluding hydrogens is 384 g/mol. The number of carbonyl (C=O) groups excluding carboxylic acids is 1. The van der Waals surface area contributed by atoms with Crippen molar-refractivity contribution in [1.82, 2.24) is 10.2 Å². The second-order valence-corrected chi connectivity index (χ2v) is 8.61. The Morgan fingerprint density at radius 1 is 1.15 bits per heavy atom. The topological polar surface area (TPSA) is 62.6 Å². The third-order valence-corrected chi connectivity index (χ3v) is 6.21. The van der Waals surface area contributed by atoms with Crippen molar-refractivity contribution in [2.24, 2.45) is 0 Å². The second-order valence-electron chi connectivity index (χ2n) is 6.74. The molecule has 1 amide bonds. The van der Waals surface area contributed by atoms with Crippen LogP contribution >= 0.6 is 11.6 Å². The van der Waals surface area contributed by atoms with Crippen molar-refractivity contribution in [3.05, 3.63) is 58.5 Å². The molecule has 7 heteroatoms. The fourth-order valence-corrected chi connectivity index (χ4v) is 4.63. The Hall–Kier alpha value is -1.63. The number of amides is 1. The van der Waals surface area contributed by atoms with Crippen molar-refractivity contribution in [1.29, 1.82) is 0 Å². The van der Waals surface area contributed by atoms with E-state index in [0.717, 1.165) is 18.5 Å². The van der Waals surface area contributed by atoms with E-state index in [4.69, 9.17) is 16.0 Å². The molecule has 1 aliphatic rings. The van der Waals surface area contributed by atoms with E-state index >= 15 is 0 Å². The van der Waals surface area contributed by atoms with E-state index in [0.29, 0.717) is 23.1 Å². The average Bonchev–Trinajstić information content (AvgIpc) is 3.32. The molecule has 1 aromatic carbocycles. The van der Waals surface area contributed by atoms with Crippen molar-refractivity contribution in [2.45, 2.75) is 30.8 Å². The number of rotatable bonds is 9. The van der Waals surface area contributed by atoms with Crippen LogP contribution in [0.2, 0.25) is 5.02 Å². The van der Waals surface area contributed by atoms with Gasteiger partial charge in [0, 0.05) is 22.4 Å². The molecule has 3 rings (SSSR count). The molecule has 0 aliphatic carbocycles. The van der Waals surface area contributed by atoms with Gasteiger partial charge in [-0.1, -0.05) is 29.8 Å². The van der Waals surface area contributed by atoms with E-state index in [1.807, 2.05) is 18.2 Å². The standard InChI is InChI=1S/C20H25ClN2O3S/c21-18-7-2-1-6-16(18)14-27(25)15-17-8-9-19(26-17)20(24)22-10-5-13-23-11-3-4-12-23/h1-2,6-9H,3-5,10-15H2,(H,22,24). The molecule has 2 heterocycles. The van der Waals surface area contributed by atoms with Gasteiger partial charge in [0.25, 0.3) is 5.91 Å². The van der Waals surface area contributed by atoms with Gasteiger partial charge in [-0.15, -0.1) is 0 Å². The molecule has 0 spiro atoms. The number of halogens is 1. The summed E-state index contributed by atoms with van der Waals surface area (Å²) in [7, 11) is -1.16. The number of hydrogen-bond acceptors (Lipinski definition) is 4. The predicted molar refractivity (Wildman–Crippen MR) is 108 cm³/mol. The van der Waals surface area contributed by atoms with Gasteiger partial charge in [-0.05, 0) is 62.7 Å². The fourth-order valence-electron chi connectivity index (χ4n) is 3.17. The molecule has 5 nitrogen and oxygen atoms in total. The molecule has 2 aromatic rings. The summed E-state index contributed by atoms with van der Waals surface area (Å²) in [5.74, 6) is 1.20. The first-order valence-electron chi connectivity index (χ1n) is 9.29. The van der Waals surface area contributed by atoms with E-state index < -0.39 is 10.8 Å². The Morgan fingerprint density at radius 3 is 2.70 bits per heavy atom. The van der Waals surface area contributed by atoms with Gasteiger partial charge in [-0.25, -0.2) is 0 Å². The molecule has 1 atom stereocenters. The molecule has 0 saturated carbocycles. The SMILES string of the molecule is O=C(NCCCN1CCCC1)c1ccc(CS(=O)Cc2ccccc2Cl)o1. The van der Waals surface area contributed by atoms with Crippen LogP contribution < -0.4 is 5.32 Å². The molecule has 1 aliphatic heterocycles. The van der Waals surface area contributed by atoms with Crippen LogP contribution in [-0.4, -0.2) is 41.2 Å². The Kier molecular flexibility index (Phi) is 7.50. The van der Waals surface area contributed by atoms with Gasteiger partial charge < -0.3 is 14.6 Å². The van der Waals surface area contributed by atoms with Gasteiger partial charge in [0.15, 0.2) is 5.76 Å². The lowest BCUT2D eigenvalue weighted by atomic mass is 10.2. The van der Waals surface area contributed by atoms with E-state index in [1.54, 1.807) is 18.2 Å². The first kappa shape index (κ1) is 20.1. The fraction of sp³-hybridized carbons (Fsp3) is 0.450. The molecule has 1 N–H and O–H groups in total. The van der Waals surface area contributed by atoms with Crippen LogP contribution in [0.4, 0.5) is 0 Å². The first-order valence-corrected chi connectivity index (χ1v) is 11.2. The van der Waals surface area contributed by atoms with Crippen molar-refractivity contribution in [3.63, 3.8) is 0 Å². The summed E-state index contributed by atoms with van der Waals surface area (Å²) in [4.78, 5) is 14.6. The van der Waals surface area contributed by atoms with Gasteiger partial charge in [0.05, 0.1) is 11.5 Å². The summed E-state index contributed by atoms with van der Waals surface area (Å²) < 4.78 is 17.9. The number of likely N-dealkylation sites (tertiary alicyclic amines) is 1. The first-order chi connectivity index (χ1) is 13.1. The Morgan fingerprint density at radius 2 is 1.93 bits per heavy atom. The largest absolute Gasteiger partial charge is 0.455 e. The van der Waals surface area contributed by atoms with Crippen LogP contribution in [0.15, 0.2) is 40.8 Å². The van der Waals surface area contributed by atoms with Crippen LogP contribution in [-0.2, 0) is 22.3 Å². The van der Waals surface area contributed by atoms with E-state index in [2.05, 4.69) is 10.2 Å². The van der Waals surface area contributed by atoms with Crippen LogP contribution in [0.25, 0.3) is 0 Å². The molecule has 1 saturated heterocycles. The minimum Gasteiger partial charge on any atom is -0.455 e. The molecule has 1 aromatic heterocycles. The van der Waals surface area contributed by atoms with Crippen LogP contribution in [0, 0.1) is 0 Å². The number of furan rings is 1. The van der Waals surface area contributed by atoms with E-state index in [1.165, 1.54) is 25.9 Å². The summed E-state index contributed by atoms with van der Waals surface area (Å²) in [6.07, 6.45) is 3.49. The maximum absolute atomic E-state index is 12.3. The van der Waals surface area contributed by atoms with Crippen LogP contribution in [0.1, 0.15) is 41.1 Å². The summed E-state index contributed by atoms with van der Waals surface area (Å²) in [5.41, 5.74) is 0.847. The second kappa shape index (κ2) is 10.1. The van der Waals surface area contributed by atoms with Gasteiger partial charge >= 0.3 is 0 Å². The lowest BCUT2D eigenvalue weighted by Gasteiger charge is -2.13. The molecule has 27 heavy (non-hydrogen) atoms. The maximum Gasteiger partial charge on any atom is 0.286 e. The van der Waals surface area contributed by atoms with Crippen molar-refractivity contribution in [3.8, 4) is 0 Å². The van der Waals surface area contributed by atoms with Gasteiger partial charge in [0.1, 0.15) is 5.76 Å². The van der Waals surface area contributed by atoms with E-state index in [-0.39, 0.29) is 17.4 Å². The number of nitrogens with zero attached hydrogens (tertiary/aromatic N) is 1. The molecular formula is C20H25ClN2O3S. The van der Waals surface area contributed by atoms with Gasteiger partial charge in [-0.2, -0.15) is 0 Å². The Bertz CT molecular complexity index is 787. The minimum absolute atomic E-state index is 0.223. The number of carbonyl (C=O) groups is 1. The quantitative estimate of drug-likeness (QED) is 0.644. The van der Waals surface area contributed by atoms with Gasteiger partial charge in [0.2, 0.25) is 0 Å². The molecule has 0 bridgehead atoms. The zero-order chi connectivity index (χ0) is 19.1. The third kappa shape index (κ3) is 6.19. The molecule has 146 valence electrons. The minimum atomic E-state index is -1.16. The van der Waals surface area contributed by atoms with Gasteiger partial charge in [-0.3, -0.25) is 9.00 Å². The highest BCUT2D eigenvalue weighted by Crippen LogP contribution is 2.19. The van der Waals surface area contributed by atoms with Crippen molar-refractivity contribution in [2.75, 3.05) is 26.2 Å². The molecule has 0 radical (unpaired) electrons. The summed E-state index contributed by atoms with van der Waals surface area (Å²) in [6.45, 7) is 3.98. The highest BCUT2D eigenvalue weighted by molar-refractivity contribution is 7.83. The Balaban J connectivity index is 1.42. The third-order valence-electron chi connectivity index (χ3n) is 4.60. The smallest absolute Gasteiger partial charge is 0.286 e. The van der Waals surface area contributed by atoms with Crippen LogP contribution in [0.5, 0.6) is 0 Å². The van der Waals surface area contributed by atoms with Crippen molar-refractivity contribution < 1.29 is 13.4 Å². The average molecular weight is 409 g/mol. The summed E-state index contributed by atoms with van der Waals surface area (Å²) in [6, 6.07) is 10.7. The monoisotopic (exact) mass is 408 g/mol. The zero-order valence-corrected chi connectivity index (χ0v) is 16.9. The van der Waals surface area contributed by atoms with Crippen molar-refractivity contribution >= 4 is 28.3 Å². The normalized spacial score (nSPS) is 15.7. The lowest BCUT2D eigenvalue weighted by Crippen LogP contribution is -2.28. The highest BCUT2D eigenvalue weighted by Gasteiger charge is 2.14. The maximum atomic E-state index is 12.3. The summed E-state index contributed by atoms with van der Waals surface area (Å²) >= 11 is 6.11. The predicted octanol–water partition coefficient (Wildman–Crippen LogP) is 3.60. The van der Waals surface area contributed by atoms with Crippen LogP contribution in [0.3, 0.4) is 0 Å². The number of nitrogens with one attached hydrogen (secondary N) is 1. The lowest BCUT2D eigenvalue weighted by molar-refractivity contribution is 0.0923. The molecule has 1 fully saturated rings. The van der Waals surface area contributed by atoms with E-state index in [9.17, 15) is 9.00 Å². The summed E-state index contributed by atoms with van der Waals surface area (Å²) in [5, 5.41) is 3.49. The highest BCUT2D eigenvalue weighted by atomic mass is 35.5. The zero-order valence-electron chi connectivity index (χ0n) is 15.3. The Labute approximate surface area is 167 Å². The number of benzene rings is 1. The molecule has 1 unspecified atom stereocenters.